The number of carbonyl (C=O) groups excluding carboxylic acids is 2. The van der Waals surface area contributed by atoms with Crippen molar-refractivity contribution in [3.8, 4) is 22.8 Å². The first kappa shape index (κ1) is 24.7. The molecule has 0 aliphatic rings. The Morgan fingerprint density at radius 3 is 2.33 bits per heavy atom. The average Bonchev–Trinajstić information content (AvgIpc) is 3.32. The highest BCUT2D eigenvalue weighted by atomic mass is 16.5. The van der Waals surface area contributed by atoms with Gasteiger partial charge >= 0.3 is 5.97 Å². The number of amides is 1. The molecule has 2 aromatic heterocycles. The van der Waals surface area contributed by atoms with E-state index >= 15 is 0 Å². The van der Waals surface area contributed by atoms with Crippen molar-refractivity contribution in [3.05, 3.63) is 66.4 Å². The number of hydrogen-bond acceptors (Lipinski definition) is 7. The van der Waals surface area contributed by atoms with Gasteiger partial charge in [-0.3, -0.25) is 4.79 Å². The van der Waals surface area contributed by atoms with Crippen molar-refractivity contribution in [2.24, 2.45) is 0 Å². The number of rotatable bonds is 8. The predicted octanol–water partition coefficient (Wildman–Crippen LogP) is 4.88. The molecule has 0 saturated heterocycles. The van der Waals surface area contributed by atoms with Crippen LogP contribution in [-0.4, -0.2) is 47.0 Å². The summed E-state index contributed by atoms with van der Waals surface area (Å²) in [6, 6.07) is 16.2. The molecule has 1 N–H and O–H groups in total. The zero-order valence-electron chi connectivity index (χ0n) is 20.8. The fourth-order valence-electron chi connectivity index (χ4n) is 3.76. The summed E-state index contributed by atoms with van der Waals surface area (Å²) in [5.74, 6) is -0.123. The smallest absolute Gasteiger partial charge is 0.339 e. The first-order valence-corrected chi connectivity index (χ1v) is 11.5. The number of nitrogens with one attached hydrogen (secondary N) is 1. The van der Waals surface area contributed by atoms with Crippen LogP contribution >= 0.6 is 0 Å². The topological polar surface area (TPSA) is 105 Å². The van der Waals surface area contributed by atoms with Gasteiger partial charge in [-0.05, 0) is 39.0 Å². The fourth-order valence-corrected chi connectivity index (χ4v) is 3.76. The van der Waals surface area contributed by atoms with Crippen LogP contribution in [0.2, 0.25) is 0 Å². The first-order chi connectivity index (χ1) is 17.3. The third kappa shape index (κ3) is 5.00. The molecule has 1 amide bonds. The van der Waals surface area contributed by atoms with Crippen LogP contribution in [0.15, 0.2) is 60.8 Å². The number of hydrogen-bond donors (Lipinski definition) is 1. The van der Waals surface area contributed by atoms with Crippen molar-refractivity contribution in [1.29, 1.82) is 0 Å². The van der Waals surface area contributed by atoms with Crippen LogP contribution in [0.25, 0.3) is 22.3 Å². The monoisotopic (exact) mass is 488 g/mol. The van der Waals surface area contributed by atoms with E-state index < -0.39 is 18.0 Å². The van der Waals surface area contributed by atoms with Crippen molar-refractivity contribution < 1.29 is 23.8 Å². The molecule has 0 aliphatic heterocycles. The molecular formula is C27H28N4O5. The molecule has 1 unspecified atom stereocenters. The van der Waals surface area contributed by atoms with Gasteiger partial charge in [-0.1, -0.05) is 30.3 Å². The number of aromatic nitrogens is 3. The molecule has 9 heteroatoms. The lowest BCUT2D eigenvalue weighted by molar-refractivity contribution is -0.123. The van der Waals surface area contributed by atoms with Gasteiger partial charge in [0.25, 0.3) is 5.91 Å². The minimum Gasteiger partial charge on any atom is -0.493 e. The van der Waals surface area contributed by atoms with Gasteiger partial charge in [0.05, 0.1) is 37.1 Å². The predicted molar refractivity (Wildman–Crippen MR) is 136 cm³/mol. The zero-order valence-corrected chi connectivity index (χ0v) is 20.8. The number of fused-ring (bicyclic) bond motifs is 1. The Morgan fingerprint density at radius 2 is 1.67 bits per heavy atom. The number of benzene rings is 2. The summed E-state index contributed by atoms with van der Waals surface area (Å²) in [5, 5.41) is 7.71. The average molecular weight is 489 g/mol. The van der Waals surface area contributed by atoms with Crippen molar-refractivity contribution in [2.45, 2.75) is 32.9 Å². The molecule has 9 nitrogen and oxygen atoms in total. The highest BCUT2D eigenvalue weighted by Crippen LogP contribution is 2.30. The van der Waals surface area contributed by atoms with Crippen LogP contribution in [0.5, 0.6) is 11.5 Å². The molecule has 1 atom stereocenters. The van der Waals surface area contributed by atoms with Crippen LogP contribution in [0.4, 0.5) is 5.69 Å². The van der Waals surface area contributed by atoms with Gasteiger partial charge in [0.2, 0.25) is 0 Å². The third-order valence-corrected chi connectivity index (χ3v) is 5.65. The second-order valence-electron chi connectivity index (χ2n) is 8.45. The second-order valence-corrected chi connectivity index (χ2v) is 8.45. The molecule has 4 aromatic rings. The maximum Gasteiger partial charge on any atom is 0.339 e. The number of methoxy groups -OCH3 is 2. The molecule has 4 rings (SSSR count). The first-order valence-electron chi connectivity index (χ1n) is 11.5. The summed E-state index contributed by atoms with van der Waals surface area (Å²) in [5.41, 5.74) is 2.80. The van der Waals surface area contributed by atoms with Crippen molar-refractivity contribution >= 4 is 28.6 Å². The number of anilines is 1. The Balaban J connectivity index is 1.60. The molecule has 0 aliphatic carbocycles. The maximum absolute atomic E-state index is 13.3. The van der Waals surface area contributed by atoms with Crippen LogP contribution in [0, 0.1) is 0 Å². The number of nitrogens with zero attached hydrogens (tertiary/aromatic N) is 3. The van der Waals surface area contributed by atoms with Gasteiger partial charge in [0.15, 0.2) is 23.3 Å². The standard InChI is InChI=1S/C27H28N4O5/c1-16(2)31-25-21(15-28-31)20(14-22(30-25)18-9-7-6-8-10-18)27(33)36-17(3)26(32)29-19-11-12-23(34-4)24(13-19)35-5/h6-17H,1-5H3,(H,29,32). The van der Waals surface area contributed by atoms with Crippen molar-refractivity contribution in [1.82, 2.24) is 14.8 Å². The minimum absolute atomic E-state index is 0.0380. The van der Waals surface area contributed by atoms with Crippen LogP contribution in [-0.2, 0) is 9.53 Å². The minimum atomic E-state index is -1.06. The lowest BCUT2D eigenvalue weighted by Gasteiger charge is -2.16. The van der Waals surface area contributed by atoms with Gasteiger partial charge in [-0.2, -0.15) is 5.10 Å². The molecular weight excluding hydrogens is 460 g/mol. The van der Waals surface area contributed by atoms with E-state index in [2.05, 4.69) is 10.4 Å². The molecule has 0 radical (unpaired) electrons. The maximum atomic E-state index is 13.3. The lowest BCUT2D eigenvalue weighted by atomic mass is 10.1. The number of esters is 1. The highest BCUT2D eigenvalue weighted by Gasteiger charge is 2.24. The molecule has 2 aromatic carbocycles. The molecule has 0 bridgehead atoms. The Hall–Kier alpha value is -4.40. The summed E-state index contributed by atoms with van der Waals surface area (Å²) in [7, 11) is 3.04. The van der Waals surface area contributed by atoms with Crippen LogP contribution in [0.1, 0.15) is 37.2 Å². The summed E-state index contributed by atoms with van der Waals surface area (Å²) < 4.78 is 17.8. The summed E-state index contributed by atoms with van der Waals surface area (Å²) in [6.45, 7) is 5.49. The normalized spacial score (nSPS) is 11.8. The van der Waals surface area contributed by atoms with E-state index in [9.17, 15) is 9.59 Å². The van der Waals surface area contributed by atoms with Crippen LogP contribution in [0.3, 0.4) is 0 Å². The van der Waals surface area contributed by atoms with Gasteiger partial charge in [0.1, 0.15) is 0 Å². The van der Waals surface area contributed by atoms with E-state index in [1.54, 1.807) is 35.1 Å². The molecule has 2 heterocycles. The SMILES string of the molecule is COc1ccc(NC(=O)C(C)OC(=O)c2cc(-c3ccccc3)nc3c2cnn3C(C)C)cc1OC. The van der Waals surface area contributed by atoms with Gasteiger partial charge in [-0.15, -0.1) is 0 Å². The van der Waals surface area contributed by atoms with E-state index in [1.165, 1.54) is 21.1 Å². The molecule has 0 saturated carbocycles. The fraction of sp³-hybridized carbons (Fsp3) is 0.259. The van der Waals surface area contributed by atoms with E-state index in [-0.39, 0.29) is 11.6 Å². The Morgan fingerprint density at radius 1 is 0.944 bits per heavy atom. The van der Waals surface area contributed by atoms with E-state index in [0.717, 1.165) is 5.56 Å². The highest BCUT2D eigenvalue weighted by molar-refractivity contribution is 6.05. The van der Waals surface area contributed by atoms with Crippen molar-refractivity contribution in [3.63, 3.8) is 0 Å². The quantitative estimate of drug-likeness (QED) is 0.353. The molecule has 0 fully saturated rings. The van der Waals surface area contributed by atoms with Crippen LogP contribution < -0.4 is 14.8 Å². The second kappa shape index (κ2) is 10.5. The Labute approximate surface area is 209 Å². The lowest BCUT2D eigenvalue weighted by Crippen LogP contribution is -2.30. The Bertz CT molecular complexity index is 1400. The number of ether oxygens (including phenoxy) is 3. The number of carbonyl (C=O) groups is 2. The Kier molecular flexibility index (Phi) is 7.19. The van der Waals surface area contributed by atoms with Gasteiger partial charge < -0.3 is 19.5 Å². The summed E-state index contributed by atoms with van der Waals surface area (Å²) in [6.07, 6.45) is 0.538. The van der Waals surface area contributed by atoms with E-state index in [1.807, 2.05) is 44.2 Å². The molecule has 36 heavy (non-hydrogen) atoms. The molecule has 0 spiro atoms. The largest absolute Gasteiger partial charge is 0.493 e. The van der Waals surface area contributed by atoms with Gasteiger partial charge in [0, 0.05) is 23.4 Å². The third-order valence-electron chi connectivity index (χ3n) is 5.65. The van der Waals surface area contributed by atoms with Crippen molar-refractivity contribution in [2.75, 3.05) is 19.5 Å². The zero-order chi connectivity index (χ0) is 25.8. The van der Waals surface area contributed by atoms with Gasteiger partial charge in [-0.25, -0.2) is 14.5 Å². The summed E-state index contributed by atoms with van der Waals surface area (Å²) in [4.78, 5) is 30.8. The number of pyridine rings is 1. The van der Waals surface area contributed by atoms with E-state index in [4.69, 9.17) is 19.2 Å². The molecule has 186 valence electrons. The summed E-state index contributed by atoms with van der Waals surface area (Å²) >= 11 is 0. The van der Waals surface area contributed by atoms with E-state index in [0.29, 0.717) is 33.9 Å².